The first-order valence-corrected chi connectivity index (χ1v) is 8.49. The second-order valence-electron chi connectivity index (χ2n) is 5.56. The van der Waals surface area contributed by atoms with E-state index in [-0.39, 0.29) is 12.3 Å². The smallest absolute Gasteiger partial charge is 0.344 e. The number of esters is 1. The van der Waals surface area contributed by atoms with Gasteiger partial charge in [-0.25, -0.2) is 9.59 Å². The number of Topliss-reactive ketones (excluding diaryl/α,β-unsaturated/α-hetero) is 1. The number of carbonyl (C=O) groups is 4. The Kier molecular flexibility index (Phi) is 7.77. The number of rotatable bonds is 9. The Morgan fingerprint density at radius 2 is 1.79 bits per heavy atom. The summed E-state index contributed by atoms with van der Waals surface area (Å²) in [6, 6.07) is 8.91. The highest BCUT2D eigenvalue weighted by Gasteiger charge is 2.12. The minimum absolute atomic E-state index is 0.00479. The molecule has 28 heavy (non-hydrogen) atoms. The lowest BCUT2D eigenvalue weighted by molar-refractivity contribution is -0.150. The summed E-state index contributed by atoms with van der Waals surface area (Å²) in [7, 11) is 0. The quantitative estimate of drug-likeness (QED) is 0.496. The molecule has 2 N–H and O–H groups in total. The van der Waals surface area contributed by atoms with E-state index in [1.807, 2.05) is 5.32 Å². The van der Waals surface area contributed by atoms with Crippen LogP contribution >= 0.6 is 0 Å². The molecule has 0 aliphatic heterocycles. The highest BCUT2D eigenvalue weighted by atomic mass is 16.6. The molecule has 2 rings (SSSR count). The topological polar surface area (TPSA) is 124 Å². The number of nitrogens with one attached hydrogen (secondary N) is 2. The molecule has 1 heterocycles. The van der Waals surface area contributed by atoms with Crippen LogP contribution in [0.3, 0.4) is 0 Å². The average Bonchev–Trinajstić information content (AvgIpc) is 3.22. The monoisotopic (exact) mass is 388 g/mol. The lowest BCUT2D eigenvalue weighted by Gasteiger charge is -2.08. The molecular weight excluding hydrogens is 368 g/mol. The van der Waals surface area contributed by atoms with E-state index in [4.69, 9.17) is 13.9 Å². The molecule has 1 aromatic carbocycles. The van der Waals surface area contributed by atoms with Crippen molar-refractivity contribution < 1.29 is 33.1 Å². The second-order valence-corrected chi connectivity index (χ2v) is 5.56. The highest BCUT2D eigenvalue weighted by Crippen LogP contribution is 2.13. The van der Waals surface area contributed by atoms with Gasteiger partial charge in [0.1, 0.15) is 11.5 Å². The molecule has 0 bridgehead atoms. The number of hydrogen-bond donors (Lipinski definition) is 2. The Hall–Kier alpha value is -3.62. The van der Waals surface area contributed by atoms with E-state index in [1.54, 1.807) is 43.3 Å². The summed E-state index contributed by atoms with van der Waals surface area (Å²) in [4.78, 5) is 46.3. The van der Waals surface area contributed by atoms with Crippen molar-refractivity contribution in [1.82, 2.24) is 10.6 Å². The van der Waals surface area contributed by atoms with E-state index in [0.717, 1.165) is 0 Å². The normalized spacial score (nSPS) is 10.0. The van der Waals surface area contributed by atoms with Crippen LogP contribution < -0.4 is 15.4 Å². The van der Waals surface area contributed by atoms with Crippen LogP contribution in [0.2, 0.25) is 0 Å². The maximum Gasteiger partial charge on any atom is 0.344 e. The van der Waals surface area contributed by atoms with Gasteiger partial charge in [0.05, 0.1) is 12.8 Å². The molecule has 0 fully saturated rings. The molecule has 9 nitrogen and oxygen atoms in total. The van der Waals surface area contributed by atoms with Crippen molar-refractivity contribution >= 4 is 23.7 Å². The van der Waals surface area contributed by atoms with E-state index < -0.39 is 31.1 Å². The van der Waals surface area contributed by atoms with Crippen molar-refractivity contribution in [3.63, 3.8) is 0 Å². The van der Waals surface area contributed by atoms with Crippen molar-refractivity contribution in [2.45, 2.75) is 19.9 Å². The third kappa shape index (κ3) is 6.94. The van der Waals surface area contributed by atoms with Gasteiger partial charge in [0.2, 0.25) is 0 Å². The second kappa shape index (κ2) is 10.5. The SMILES string of the molecule is CCC(=O)c1ccc(OCC(=O)OCC(=O)NC(=O)NCc2ccco2)cc1. The lowest BCUT2D eigenvalue weighted by atomic mass is 10.1. The summed E-state index contributed by atoms with van der Waals surface area (Å²) < 4.78 is 15.0. The lowest BCUT2D eigenvalue weighted by Crippen LogP contribution is -2.41. The van der Waals surface area contributed by atoms with Crippen molar-refractivity contribution in [2.75, 3.05) is 13.2 Å². The first kappa shape index (κ1) is 20.7. The molecule has 0 radical (unpaired) electrons. The van der Waals surface area contributed by atoms with Gasteiger partial charge in [-0.1, -0.05) is 6.92 Å². The van der Waals surface area contributed by atoms with Gasteiger partial charge in [-0.2, -0.15) is 0 Å². The molecule has 2 aromatic rings. The van der Waals surface area contributed by atoms with Gasteiger partial charge in [0.15, 0.2) is 19.0 Å². The van der Waals surface area contributed by atoms with Crippen molar-refractivity contribution in [3.05, 3.63) is 54.0 Å². The maximum absolute atomic E-state index is 11.6. The number of ketones is 1. The van der Waals surface area contributed by atoms with Crippen LogP contribution in [-0.4, -0.2) is 36.9 Å². The summed E-state index contributed by atoms with van der Waals surface area (Å²) in [5.41, 5.74) is 0.555. The fraction of sp³-hybridized carbons (Fsp3) is 0.263. The summed E-state index contributed by atoms with van der Waals surface area (Å²) >= 11 is 0. The van der Waals surface area contributed by atoms with Crippen LogP contribution in [-0.2, 0) is 20.9 Å². The van der Waals surface area contributed by atoms with Crippen molar-refractivity contribution in [2.24, 2.45) is 0 Å². The van der Waals surface area contributed by atoms with Gasteiger partial charge < -0.3 is 19.2 Å². The Balaban J connectivity index is 1.63. The van der Waals surface area contributed by atoms with Gasteiger partial charge in [0, 0.05) is 12.0 Å². The van der Waals surface area contributed by atoms with E-state index in [1.165, 1.54) is 6.26 Å². The molecule has 0 saturated heterocycles. The fourth-order valence-corrected chi connectivity index (χ4v) is 2.06. The predicted octanol–water partition coefficient (Wildman–Crippen LogP) is 1.82. The highest BCUT2D eigenvalue weighted by molar-refractivity contribution is 5.96. The Labute approximate surface area is 161 Å². The van der Waals surface area contributed by atoms with Crippen molar-refractivity contribution in [1.29, 1.82) is 0 Å². The van der Waals surface area contributed by atoms with Gasteiger partial charge >= 0.3 is 12.0 Å². The molecule has 0 saturated carbocycles. The van der Waals surface area contributed by atoms with E-state index in [9.17, 15) is 19.2 Å². The summed E-state index contributed by atoms with van der Waals surface area (Å²) in [6.07, 6.45) is 1.86. The Morgan fingerprint density at radius 3 is 2.43 bits per heavy atom. The molecule has 0 atom stereocenters. The molecule has 9 heteroatoms. The molecule has 0 unspecified atom stereocenters. The third-order valence-electron chi connectivity index (χ3n) is 3.47. The minimum Gasteiger partial charge on any atom is -0.482 e. The Bertz CT molecular complexity index is 813. The van der Waals surface area contributed by atoms with Crippen LogP contribution in [0.1, 0.15) is 29.5 Å². The number of urea groups is 1. The molecule has 0 aliphatic carbocycles. The van der Waals surface area contributed by atoms with Crippen LogP contribution in [0.5, 0.6) is 5.75 Å². The zero-order valence-corrected chi connectivity index (χ0v) is 15.2. The molecule has 0 spiro atoms. The molecule has 148 valence electrons. The number of hydrogen-bond acceptors (Lipinski definition) is 7. The number of ether oxygens (including phenoxy) is 2. The molecule has 1 aromatic heterocycles. The fourth-order valence-electron chi connectivity index (χ4n) is 2.06. The minimum atomic E-state index is -0.785. The van der Waals surface area contributed by atoms with Crippen LogP contribution in [0.25, 0.3) is 0 Å². The zero-order chi connectivity index (χ0) is 20.4. The number of carbonyl (C=O) groups excluding carboxylic acids is 4. The number of amides is 3. The largest absolute Gasteiger partial charge is 0.482 e. The molecule has 0 aliphatic rings. The van der Waals surface area contributed by atoms with Gasteiger partial charge in [-0.15, -0.1) is 0 Å². The summed E-state index contributed by atoms with van der Waals surface area (Å²) in [5, 5.41) is 4.43. The first-order chi connectivity index (χ1) is 13.5. The van der Waals surface area contributed by atoms with Crippen molar-refractivity contribution in [3.8, 4) is 5.75 Å². The standard InChI is InChI=1S/C19H20N2O7/c1-2-16(22)13-5-7-14(8-6-13)27-12-18(24)28-11-17(23)21-19(25)20-10-15-4-3-9-26-15/h3-9H,2,10-12H2,1H3,(H2,20,21,23,25). The van der Waals surface area contributed by atoms with Gasteiger partial charge in [0.25, 0.3) is 5.91 Å². The van der Waals surface area contributed by atoms with Crippen LogP contribution in [0, 0.1) is 0 Å². The molecule has 3 amide bonds. The van der Waals surface area contributed by atoms with E-state index >= 15 is 0 Å². The van der Waals surface area contributed by atoms with Gasteiger partial charge in [-0.3, -0.25) is 14.9 Å². The molecular formula is C19H20N2O7. The third-order valence-corrected chi connectivity index (χ3v) is 3.47. The van der Waals surface area contributed by atoms with Gasteiger partial charge in [-0.05, 0) is 36.4 Å². The summed E-state index contributed by atoms with van der Waals surface area (Å²) in [5.74, 6) is -0.651. The van der Waals surface area contributed by atoms with Crippen LogP contribution in [0.15, 0.2) is 47.1 Å². The number of furan rings is 1. The van der Waals surface area contributed by atoms with Crippen LogP contribution in [0.4, 0.5) is 4.79 Å². The first-order valence-electron chi connectivity index (χ1n) is 8.49. The Morgan fingerprint density at radius 1 is 1.04 bits per heavy atom. The number of imide groups is 1. The van der Waals surface area contributed by atoms with E-state index in [2.05, 4.69) is 5.32 Å². The maximum atomic E-state index is 11.6. The number of benzene rings is 1. The van der Waals surface area contributed by atoms with E-state index in [0.29, 0.717) is 23.5 Å². The zero-order valence-electron chi connectivity index (χ0n) is 15.2. The average molecular weight is 388 g/mol. The predicted molar refractivity (Wildman–Crippen MR) is 96.6 cm³/mol. The summed E-state index contributed by atoms with van der Waals surface area (Å²) in [6.45, 7) is 0.837.